The van der Waals surface area contributed by atoms with Gasteiger partial charge in [0.25, 0.3) is 5.56 Å². The number of carbonyl (C=O) groups excluding carboxylic acids is 1. The van der Waals surface area contributed by atoms with Crippen LogP contribution in [0.1, 0.15) is 32.1 Å². The molecule has 19 heavy (non-hydrogen) atoms. The second-order valence-electron chi connectivity index (χ2n) is 5.14. The molecule has 2 N–H and O–H groups in total. The van der Waals surface area contributed by atoms with Gasteiger partial charge in [-0.1, -0.05) is 12.8 Å². The van der Waals surface area contributed by atoms with Crippen LogP contribution >= 0.6 is 15.9 Å². The van der Waals surface area contributed by atoms with E-state index in [0.29, 0.717) is 17.3 Å². The smallest absolute Gasteiger partial charge is 0.274 e. The van der Waals surface area contributed by atoms with E-state index in [4.69, 9.17) is 0 Å². The molecule has 0 radical (unpaired) electrons. The Bertz CT molecular complexity index is 547. The minimum absolute atomic E-state index is 0.0443. The van der Waals surface area contributed by atoms with Gasteiger partial charge in [0, 0.05) is 17.7 Å². The molecule has 104 valence electrons. The summed E-state index contributed by atoms with van der Waals surface area (Å²) >= 11 is 3.28. The summed E-state index contributed by atoms with van der Waals surface area (Å²) in [7, 11) is 1.62. The van der Waals surface area contributed by atoms with Crippen molar-refractivity contribution in [3.05, 3.63) is 27.1 Å². The van der Waals surface area contributed by atoms with Crippen molar-refractivity contribution < 1.29 is 9.90 Å². The Morgan fingerprint density at radius 3 is 2.79 bits per heavy atom. The fraction of sp³-hybridized carbons (Fsp3) is 0.538. The molecule has 0 aromatic carbocycles. The molecule has 2 rings (SSSR count). The Balaban J connectivity index is 2.09. The fourth-order valence-electron chi connectivity index (χ4n) is 2.46. The van der Waals surface area contributed by atoms with Crippen LogP contribution < -0.4 is 10.9 Å². The van der Waals surface area contributed by atoms with Crippen molar-refractivity contribution >= 4 is 27.5 Å². The highest BCUT2D eigenvalue weighted by molar-refractivity contribution is 9.10. The third-order valence-corrected chi connectivity index (χ3v) is 3.88. The molecular formula is C13H17BrN2O3. The maximum atomic E-state index is 11.9. The summed E-state index contributed by atoms with van der Waals surface area (Å²) < 4.78 is 2.11. The normalized spacial score (nSPS) is 17.4. The lowest BCUT2D eigenvalue weighted by molar-refractivity contribution is -0.120. The molecule has 1 fully saturated rings. The number of aliphatic hydroxyl groups is 1. The zero-order chi connectivity index (χ0) is 14.0. The average Bonchev–Trinajstić information content (AvgIpc) is 2.71. The maximum Gasteiger partial charge on any atom is 0.274 e. The fourth-order valence-corrected chi connectivity index (χ4v) is 3.00. The summed E-state index contributed by atoms with van der Waals surface area (Å²) in [6, 6.07) is 1.57. The Labute approximate surface area is 119 Å². The zero-order valence-corrected chi connectivity index (χ0v) is 12.4. The lowest BCUT2D eigenvalue weighted by atomic mass is 9.98. The van der Waals surface area contributed by atoms with E-state index in [1.165, 1.54) is 4.57 Å². The summed E-state index contributed by atoms with van der Waals surface area (Å²) in [5, 5.41) is 12.7. The number of pyridine rings is 1. The summed E-state index contributed by atoms with van der Waals surface area (Å²) in [4.78, 5) is 23.8. The van der Waals surface area contributed by atoms with Gasteiger partial charge in [0.1, 0.15) is 5.69 Å². The van der Waals surface area contributed by atoms with Gasteiger partial charge in [-0.3, -0.25) is 9.59 Å². The summed E-state index contributed by atoms with van der Waals surface area (Å²) in [6.07, 6.45) is 4.86. The predicted molar refractivity (Wildman–Crippen MR) is 76.0 cm³/mol. The SMILES string of the molecule is Cn1cc(Br)cc(NC(=O)CC2(O)CCCC2)c1=O. The van der Waals surface area contributed by atoms with Crippen LogP contribution in [0.5, 0.6) is 0 Å². The van der Waals surface area contributed by atoms with Crippen molar-refractivity contribution in [3.8, 4) is 0 Å². The third-order valence-electron chi connectivity index (χ3n) is 3.45. The zero-order valence-electron chi connectivity index (χ0n) is 10.8. The van der Waals surface area contributed by atoms with Crippen molar-refractivity contribution in [2.75, 3.05) is 5.32 Å². The average molecular weight is 329 g/mol. The number of anilines is 1. The number of nitrogens with one attached hydrogen (secondary N) is 1. The molecule has 1 amide bonds. The number of hydrogen-bond acceptors (Lipinski definition) is 3. The van der Waals surface area contributed by atoms with E-state index in [-0.39, 0.29) is 23.6 Å². The summed E-state index contributed by atoms with van der Waals surface area (Å²) in [5.74, 6) is -0.320. The van der Waals surface area contributed by atoms with Crippen molar-refractivity contribution in [1.29, 1.82) is 0 Å². The maximum absolute atomic E-state index is 11.9. The summed E-state index contributed by atoms with van der Waals surface area (Å²) in [6.45, 7) is 0. The van der Waals surface area contributed by atoms with E-state index < -0.39 is 5.60 Å². The monoisotopic (exact) mass is 328 g/mol. The lowest BCUT2D eigenvalue weighted by Gasteiger charge is -2.21. The molecule has 1 aromatic heterocycles. The van der Waals surface area contributed by atoms with E-state index in [1.54, 1.807) is 19.3 Å². The second kappa shape index (κ2) is 5.46. The van der Waals surface area contributed by atoms with Crippen LogP contribution in [0.15, 0.2) is 21.5 Å². The molecule has 1 aliphatic rings. The van der Waals surface area contributed by atoms with E-state index in [2.05, 4.69) is 21.2 Å². The molecule has 0 atom stereocenters. The van der Waals surface area contributed by atoms with E-state index >= 15 is 0 Å². The first kappa shape index (κ1) is 14.3. The topological polar surface area (TPSA) is 71.3 Å². The number of aryl methyl sites for hydroxylation is 1. The Hall–Kier alpha value is -1.14. The first-order valence-corrected chi connectivity index (χ1v) is 7.07. The number of halogens is 1. The van der Waals surface area contributed by atoms with Crippen molar-refractivity contribution in [1.82, 2.24) is 4.57 Å². The Morgan fingerprint density at radius 1 is 1.53 bits per heavy atom. The van der Waals surface area contributed by atoms with Crippen LogP contribution in [0.2, 0.25) is 0 Å². The van der Waals surface area contributed by atoms with Gasteiger partial charge in [-0.25, -0.2) is 0 Å². The van der Waals surface area contributed by atoms with Crippen LogP contribution in [-0.4, -0.2) is 21.2 Å². The highest BCUT2D eigenvalue weighted by Crippen LogP contribution is 2.32. The Kier molecular flexibility index (Phi) is 4.10. The highest BCUT2D eigenvalue weighted by Gasteiger charge is 2.33. The molecule has 1 aliphatic carbocycles. The molecule has 5 nitrogen and oxygen atoms in total. The molecule has 6 heteroatoms. The molecule has 0 saturated heterocycles. The van der Waals surface area contributed by atoms with Gasteiger partial charge in [-0.05, 0) is 34.8 Å². The van der Waals surface area contributed by atoms with E-state index in [0.717, 1.165) is 12.8 Å². The quantitative estimate of drug-likeness (QED) is 0.888. The minimum Gasteiger partial charge on any atom is -0.389 e. The van der Waals surface area contributed by atoms with Gasteiger partial charge in [0.2, 0.25) is 5.91 Å². The second-order valence-corrected chi connectivity index (χ2v) is 6.06. The molecule has 0 bridgehead atoms. The van der Waals surface area contributed by atoms with Crippen LogP contribution in [0, 0.1) is 0 Å². The Morgan fingerprint density at radius 2 is 2.16 bits per heavy atom. The van der Waals surface area contributed by atoms with Gasteiger partial charge in [0.15, 0.2) is 0 Å². The third kappa shape index (κ3) is 3.45. The van der Waals surface area contributed by atoms with Crippen LogP contribution in [0.25, 0.3) is 0 Å². The van der Waals surface area contributed by atoms with Crippen molar-refractivity contribution in [2.45, 2.75) is 37.7 Å². The van der Waals surface area contributed by atoms with Gasteiger partial charge in [-0.2, -0.15) is 0 Å². The molecule has 0 unspecified atom stereocenters. The summed E-state index contributed by atoms with van der Waals surface area (Å²) in [5.41, 5.74) is -0.945. The number of carbonyl (C=O) groups is 1. The highest BCUT2D eigenvalue weighted by atomic mass is 79.9. The van der Waals surface area contributed by atoms with Crippen molar-refractivity contribution in [3.63, 3.8) is 0 Å². The molecule has 1 saturated carbocycles. The molecule has 1 heterocycles. The standard InChI is InChI=1S/C13H17BrN2O3/c1-16-8-9(14)6-10(12(16)18)15-11(17)7-13(19)4-2-3-5-13/h6,8,19H,2-5,7H2,1H3,(H,15,17). The lowest BCUT2D eigenvalue weighted by Crippen LogP contribution is -2.32. The van der Waals surface area contributed by atoms with Crippen molar-refractivity contribution in [2.24, 2.45) is 7.05 Å². The number of aromatic nitrogens is 1. The van der Waals surface area contributed by atoms with Crippen LogP contribution in [0.3, 0.4) is 0 Å². The van der Waals surface area contributed by atoms with Gasteiger partial charge < -0.3 is 15.0 Å². The van der Waals surface area contributed by atoms with E-state index in [9.17, 15) is 14.7 Å². The number of rotatable bonds is 3. The van der Waals surface area contributed by atoms with Gasteiger partial charge in [-0.15, -0.1) is 0 Å². The number of nitrogens with zero attached hydrogens (tertiary/aromatic N) is 1. The molecule has 0 aliphatic heterocycles. The number of amides is 1. The van der Waals surface area contributed by atoms with Gasteiger partial charge >= 0.3 is 0 Å². The first-order chi connectivity index (χ1) is 8.89. The predicted octanol–water partition coefficient (Wildman–Crippen LogP) is 1.78. The van der Waals surface area contributed by atoms with Crippen LogP contribution in [0.4, 0.5) is 5.69 Å². The number of hydrogen-bond donors (Lipinski definition) is 2. The molecule has 1 aromatic rings. The molecular weight excluding hydrogens is 312 g/mol. The van der Waals surface area contributed by atoms with Gasteiger partial charge in [0.05, 0.1) is 12.0 Å². The largest absolute Gasteiger partial charge is 0.389 e. The molecule has 0 spiro atoms. The van der Waals surface area contributed by atoms with E-state index in [1.807, 2.05) is 0 Å². The first-order valence-electron chi connectivity index (χ1n) is 6.28. The minimum atomic E-state index is -0.901. The van der Waals surface area contributed by atoms with Crippen LogP contribution in [-0.2, 0) is 11.8 Å².